The largest absolute Gasteiger partial charge is 0.449 e. The second-order valence-corrected chi connectivity index (χ2v) is 10.5. The Hall–Kier alpha value is -3.94. The highest BCUT2D eigenvalue weighted by atomic mass is 35.5. The summed E-state index contributed by atoms with van der Waals surface area (Å²) in [6, 6.07) is 24.0. The van der Waals surface area contributed by atoms with Gasteiger partial charge in [-0.05, 0) is 52.6 Å². The van der Waals surface area contributed by atoms with Crippen molar-refractivity contribution in [3.05, 3.63) is 101 Å². The Balaban J connectivity index is 1.05. The highest BCUT2D eigenvalue weighted by molar-refractivity contribution is 6.26. The first-order valence-corrected chi connectivity index (χ1v) is 14.0. The van der Waals surface area contributed by atoms with E-state index in [4.69, 9.17) is 21.3 Å². The van der Waals surface area contributed by atoms with Crippen LogP contribution < -0.4 is 5.32 Å². The fourth-order valence-corrected chi connectivity index (χ4v) is 5.96. The molecule has 2 heterocycles. The van der Waals surface area contributed by atoms with Crippen LogP contribution in [0.15, 0.2) is 79.0 Å². The van der Waals surface area contributed by atoms with E-state index in [0.717, 1.165) is 29.3 Å². The fraction of sp³-hybridized carbons (Fsp3) is 0.281. The molecule has 6 rings (SSSR count). The Morgan fingerprint density at radius 1 is 0.975 bits per heavy atom. The number of ether oxygens (including phenoxy) is 2. The summed E-state index contributed by atoms with van der Waals surface area (Å²) in [5.41, 5.74) is 6.08. The van der Waals surface area contributed by atoms with Crippen molar-refractivity contribution in [3.8, 4) is 11.1 Å². The molecule has 0 radical (unpaired) electrons. The molecular weight excluding hydrogens is 526 g/mol. The monoisotopic (exact) mass is 555 g/mol. The lowest BCUT2D eigenvalue weighted by molar-refractivity contribution is 0.0500. The van der Waals surface area contributed by atoms with Crippen LogP contribution in [-0.4, -0.2) is 53.8 Å². The Bertz CT molecular complexity index is 1510. The first kappa shape index (κ1) is 26.3. The molecule has 0 bridgehead atoms. The van der Waals surface area contributed by atoms with E-state index < -0.39 is 6.09 Å². The molecule has 0 unspecified atom stereocenters. The maximum atomic E-state index is 13.1. The second kappa shape index (κ2) is 11.7. The van der Waals surface area contributed by atoms with E-state index in [2.05, 4.69) is 34.6 Å². The molecule has 0 atom stereocenters. The van der Waals surface area contributed by atoms with Crippen molar-refractivity contribution >= 4 is 34.5 Å². The molecule has 0 spiro atoms. The minimum absolute atomic E-state index is 0.0209. The number of hydrogen-bond acceptors (Lipinski definition) is 5. The lowest BCUT2D eigenvalue weighted by atomic mass is 9.98. The van der Waals surface area contributed by atoms with Gasteiger partial charge in [-0.15, -0.1) is 0 Å². The van der Waals surface area contributed by atoms with Crippen molar-refractivity contribution in [3.63, 3.8) is 0 Å². The van der Waals surface area contributed by atoms with Gasteiger partial charge in [-0.1, -0.05) is 60.7 Å². The van der Waals surface area contributed by atoms with Gasteiger partial charge in [-0.2, -0.15) is 0 Å². The smallest absolute Gasteiger partial charge is 0.407 e. The predicted molar refractivity (Wildman–Crippen MR) is 154 cm³/mol. The molecule has 1 aromatic heterocycles. The lowest BCUT2D eigenvalue weighted by Gasteiger charge is -2.28. The zero-order valence-electron chi connectivity index (χ0n) is 22.0. The van der Waals surface area contributed by atoms with Crippen molar-refractivity contribution < 1.29 is 19.1 Å². The zero-order chi connectivity index (χ0) is 27.5. The van der Waals surface area contributed by atoms with Crippen molar-refractivity contribution in [2.24, 2.45) is 0 Å². The van der Waals surface area contributed by atoms with Crippen LogP contribution in [0, 0.1) is 0 Å². The second-order valence-electron chi connectivity index (χ2n) is 10.2. The number of pyridine rings is 1. The zero-order valence-corrected chi connectivity index (χ0v) is 22.8. The highest BCUT2D eigenvalue weighted by Gasteiger charge is 2.29. The molecule has 0 saturated carbocycles. The molecule has 2 aliphatic rings. The minimum Gasteiger partial charge on any atom is -0.449 e. The fourth-order valence-electron chi connectivity index (χ4n) is 5.68. The Kier molecular flexibility index (Phi) is 7.66. The SMILES string of the molecule is O=C(NCCc1cc2cccc(C(=O)N(Cl)C3CCOCC3)c2cn1)OCC1c2ccccc2-c2ccccc21. The van der Waals surface area contributed by atoms with Gasteiger partial charge in [-0.3, -0.25) is 9.78 Å². The molecule has 40 heavy (non-hydrogen) atoms. The quantitative estimate of drug-likeness (QED) is 0.279. The van der Waals surface area contributed by atoms with Gasteiger partial charge in [-0.25, -0.2) is 9.21 Å². The van der Waals surface area contributed by atoms with Gasteiger partial charge in [0.05, 0.1) is 11.6 Å². The summed E-state index contributed by atoms with van der Waals surface area (Å²) in [6.07, 6.45) is 3.23. The number of rotatable bonds is 7. The van der Waals surface area contributed by atoms with Crippen molar-refractivity contribution in [1.29, 1.82) is 0 Å². The molecule has 1 N–H and O–H groups in total. The molecular formula is C32H30ClN3O4. The number of hydrogen-bond donors (Lipinski definition) is 1. The van der Waals surface area contributed by atoms with Gasteiger partial charge in [0, 0.05) is 61.2 Å². The summed E-state index contributed by atoms with van der Waals surface area (Å²) in [7, 11) is 0. The molecule has 1 fully saturated rings. The van der Waals surface area contributed by atoms with Crippen LogP contribution in [0.1, 0.15) is 45.9 Å². The van der Waals surface area contributed by atoms with Gasteiger partial charge < -0.3 is 14.8 Å². The first-order valence-electron chi connectivity index (χ1n) is 13.6. The van der Waals surface area contributed by atoms with Crippen LogP contribution in [0.5, 0.6) is 0 Å². The average Bonchev–Trinajstić information content (AvgIpc) is 3.33. The van der Waals surface area contributed by atoms with Crippen LogP contribution in [0.3, 0.4) is 0 Å². The van der Waals surface area contributed by atoms with E-state index >= 15 is 0 Å². The molecule has 1 aliphatic carbocycles. The number of carbonyl (C=O) groups excluding carboxylic acids is 2. The van der Waals surface area contributed by atoms with Crippen molar-refractivity contribution in [2.75, 3.05) is 26.4 Å². The maximum absolute atomic E-state index is 13.1. The summed E-state index contributed by atoms with van der Waals surface area (Å²) in [4.78, 5) is 30.2. The van der Waals surface area contributed by atoms with Gasteiger partial charge in [0.1, 0.15) is 6.61 Å². The molecule has 1 aliphatic heterocycles. The van der Waals surface area contributed by atoms with Gasteiger partial charge in [0.2, 0.25) is 0 Å². The van der Waals surface area contributed by atoms with Gasteiger partial charge in [0.25, 0.3) is 5.91 Å². The lowest BCUT2D eigenvalue weighted by Crippen LogP contribution is -2.37. The third-order valence-electron chi connectivity index (χ3n) is 7.75. The van der Waals surface area contributed by atoms with E-state index in [9.17, 15) is 9.59 Å². The molecule has 3 aromatic carbocycles. The summed E-state index contributed by atoms with van der Waals surface area (Å²) in [5, 5.41) is 4.49. The number of nitrogens with one attached hydrogen (secondary N) is 1. The Labute approximate surface area is 238 Å². The van der Waals surface area contributed by atoms with Gasteiger partial charge >= 0.3 is 6.09 Å². The van der Waals surface area contributed by atoms with E-state index in [-0.39, 0.29) is 24.5 Å². The number of aromatic nitrogens is 1. The van der Waals surface area contributed by atoms with Crippen LogP contribution in [0.2, 0.25) is 0 Å². The number of fused-ring (bicyclic) bond motifs is 4. The molecule has 8 heteroatoms. The normalized spacial score (nSPS) is 14.9. The Morgan fingerprint density at radius 3 is 2.40 bits per heavy atom. The standard InChI is InChI=1S/C32H30ClN3O4/c33-36(23-13-16-39-17-14-23)31(37)28-11-5-6-21-18-22(35-19-29(21)28)12-15-34-32(38)40-20-30-26-9-3-1-7-24(26)25-8-2-4-10-27(25)30/h1-11,18-19,23,30H,12-17,20H2,(H,34,38). The van der Waals surface area contributed by atoms with Gasteiger partial charge in [0.15, 0.2) is 0 Å². The van der Waals surface area contributed by atoms with Crippen molar-refractivity contribution in [2.45, 2.75) is 31.2 Å². The number of alkyl carbamates (subject to hydrolysis) is 1. The number of carbonyl (C=O) groups is 2. The summed E-state index contributed by atoms with van der Waals surface area (Å²) in [6.45, 7) is 1.86. The number of nitrogens with zero attached hydrogens (tertiary/aromatic N) is 2. The van der Waals surface area contributed by atoms with E-state index in [1.807, 2.05) is 42.5 Å². The highest BCUT2D eigenvalue weighted by Crippen LogP contribution is 2.44. The number of amides is 2. The third kappa shape index (κ3) is 5.27. The minimum atomic E-state index is -0.453. The van der Waals surface area contributed by atoms with E-state index in [0.29, 0.717) is 31.7 Å². The maximum Gasteiger partial charge on any atom is 0.407 e. The van der Waals surface area contributed by atoms with Crippen molar-refractivity contribution in [1.82, 2.24) is 14.7 Å². The molecule has 4 aromatic rings. The summed E-state index contributed by atoms with van der Waals surface area (Å²) < 4.78 is 12.3. The van der Waals surface area contributed by atoms with Crippen LogP contribution in [0.4, 0.5) is 4.79 Å². The third-order valence-corrected chi connectivity index (χ3v) is 8.18. The summed E-state index contributed by atoms with van der Waals surface area (Å²) >= 11 is 6.45. The molecule has 2 amide bonds. The first-order chi connectivity index (χ1) is 19.6. The Morgan fingerprint density at radius 2 is 1.68 bits per heavy atom. The topological polar surface area (TPSA) is 80.8 Å². The number of halogens is 1. The number of benzene rings is 3. The average molecular weight is 556 g/mol. The van der Waals surface area contributed by atoms with Crippen LogP contribution in [-0.2, 0) is 15.9 Å². The van der Waals surface area contributed by atoms with E-state index in [1.54, 1.807) is 12.3 Å². The van der Waals surface area contributed by atoms with Crippen LogP contribution >= 0.6 is 11.8 Å². The summed E-state index contributed by atoms with van der Waals surface area (Å²) in [5.74, 6) is -0.210. The molecule has 1 saturated heterocycles. The van der Waals surface area contributed by atoms with E-state index in [1.165, 1.54) is 26.7 Å². The predicted octanol–water partition coefficient (Wildman–Crippen LogP) is 6.09. The molecule has 204 valence electrons. The van der Waals surface area contributed by atoms with Crippen LogP contribution in [0.25, 0.3) is 21.9 Å². The molecule has 7 nitrogen and oxygen atoms in total.